The van der Waals surface area contributed by atoms with Crippen LogP contribution in [0.15, 0.2) is 91.5 Å². The van der Waals surface area contributed by atoms with E-state index in [0.29, 0.717) is 23.7 Å². The van der Waals surface area contributed by atoms with Gasteiger partial charge >= 0.3 is 0 Å². The third-order valence-electron chi connectivity index (χ3n) is 5.77. The molecule has 0 saturated heterocycles. The number of nitrogens with one attached hydrogen (secondary N) is 2. The van der Waals surface area contributed by atoms with Gasteiger partial charge in [-0.2, -0.15) is 9.82 Å². The molecule has 2 N–H and O–H groups in total. The second-order valence-corrected chi connectivity index (χ2v) is 10.9. The van der Waals surface area contributed by atoms with Crippen LogP contribution in [0.4, 0.5) is 0 Å². The quantitative estimate of drug-likeness (QED) is 0.261. The number of carbonyl (C=O) groups excluding carboxylic acids is 1. The van der Waals surface area contributed by atoms with Gasteiger partial charge in [0.2, 0.25) is 15.9 Å². The molecule has 0 bridgehead atoms. The Hall–Kier alpha value is -4.42. The summed E-state index contributed by atoms with van der Waals surface area (Å²) < 4.78 is 44.2. The normalized spacial score (nSPS) is 12.3. The van der Waals surface area contributed by atoms with Crippen LogP contribution in [0.25, 0.3) is 5.69 Å². The molecule has 4 aromatic rings. The Morgan fingerprint density at radius 1 is 0.951 bits per heavy atom. The first kappa shape index (κ1) is 31.1. The first-order valence-corrected chi connectivity index (χ1v) is 14.6. The zero-order valence-corrected chi connectivity index (χ0v) is 24.3. The van der Waals surface area contributed by atoms with Crippen LogP contribution in [0.5, 0.6) is 17.2 Å². The maximum Gasteiger partial charge on any atom is 0.244 e. The lowest BCUT2D eigenvalue weighted by Gasteiger charge is -2.28. The summed E-state index contributed by atoms with van der Waals surface area (Å²) in [5, 5.41) is 6.84. The number of carbonyl (C=O) groups is 1. The molecule has 0 aliphatic carbocycles. The van der Waals surface area contributed by atoms with E-state index in [0.717, 1.165) is 17.5 Å². The fourth-order valence-electron chi connectivity index (χ4n) is 3.75. The minimum atomic E-state index is -3.70. The number of rotatable bonds is 12. The fourth-order valence-corrected chi connectivity index (χ4v) is 4.72. The van der Waals surface area contributed by atoms with E-state index in [1.54, 1.807) is 55.6 Å². The van der Waals surface area contributed by atoms with Crippen molar-refractivity contribution in [3.8, 4) is 22.9 Å². The summed E-state index contributed by atoms with van der Waals surface area (Å²) in [7, 11) is -0.596. The number of hydrogen-bond acceptors (Lipinski definition) is 8. The molecule has 1 heterocycles. The maximum absolute atomic E-state index is 13.0. The van der Waals surface area contributed by atoms with Gasteiger partial charge in [0.1, 0.15) is 30.5 Å². The lowest BCUT2D eigenvalue weighted by molar-refractivity contribution is -0.127. The highest BCUT2D eigenvalue weighted by Crippen LogP contribution is 2.27. The first-order chi connectivity index (χ1) is 19.6. The van der Waals surface area contributed by atoms with Gasteiger partial charge in [0, 0.05) is 6.54 Å². The number of aromatic nitrogens is 3. The average Bonchev–Trinajstić information content (AvgIpc) is 3.52. The molecule has 1 atom stereocenters. The van der Waals surface area contributed by atoms with E-state index < -0.39 is 21.5 Å². The van der Waals surface area contributed by atoms with Crippen LogP contribution in [0.3, 0.4) is 0 Å². The van der Waals surface area contributed by atoms with Gasteiger partial charge in [0.15, 0.2) is 11.5 Å². The minimum absolute atomic E-state index is 0.217. The highest BCUT2D eigenvalue weighted by Gasteiger charge is 2.37. The molecule has 0 saturated carbocycles. The Bertz CT molecular complexity index is 1440. The molecule has 1 aromatic heterocycles. The van der Waals surface area contributed by atoms with Crippen molar-refractivity contribution in [1.29, 1.82) is 0 Å². The van der Waals surface area contributed by atoms with E-state index in [1.807, 2.05) is 48.5 Å². The van der Waals surface area contributed by atoms with Crippen molar-refractivity contribution >= 4 is 15.9 Å². The number of ether oxygens (including phenoxy) is 3. The van der Waals surface area contributed by atoms with Crippen LogP contribution >= 0.6 is 0 Å². The Morgan fingerprint density at radius 3 is 2.12 bits per heavy atom. The van der Waals surface area contributed by atoms with Gasteiger partial charge in [0.05, 0.1) is 26.2 Å². The molecule has 3 aromatic carbocycles. The number of methoxy groups -OCH3 is 2. The molecular formula is C29H35N5O6S. The van der Waals surface area contributed by atoms with Crippen molar-refractivity contribution in [2.75, 3.05) is 33.6 Å². The van der Waals surface area contributed by atoms with Crippen LogP contribution in [0, 0.1) is 0 Å². The summed E-state index contributed by atoms with van der Waals surface area (Å²) in [5.74, 6) is 1.15. The highest BCUT2D eigenvalue weighted by atomic mass is 32.2. The minimum Gasteiger partial charge on any atom is -0.493 e. The summed E-state index contributed by atoms with van der Waals surface area (Å²) in [5.41, 5.74) is 0.166. The number of sulfonamides is 1. The van der Waals surface area contributed by atoms with Crippen LogP contribution in [0.2, 0.25) is 0 Å². The zero-order chi connectivity index (χ0) is 29.7. The highest BCUT2D eigenvalue weighted by molar-refractivity contribution is 7.88. The van der Waals surface area contributed by atoms with Gasteiger partial charge in [0.25, 0.3) is 0 Å². The topological polar surface area (TPSA) is 134 Å². The molecule has 11 nitrogen and oxygen atoms in total. The molecule has 0 spiro atoms. The molecule has 0 fully saturated rings. The van der Waals surface area contributed by atoms with Gasteiger partial charge < -0.3 is 19.5 Å². The molecule has 41 heavy (non-hydrogen) atoms. The van der Waals surface area contributed by atoms with Crippen LogP contribution < -0.4 is 24.2 Å². The number of benzene rings is 3. The Labute approximate surface area is 240 Å². The van der Waals surface area contributed by atoms with Gasteiger partial charge in [-0.3, -0.25) is 4.79 Å². The lowest BCUT2D eigenvalue weighted by atomic mass is 10.0. The van der Waals surface area contributed by atoms with E-state index in [4.69, 9.17) is 14.2 Å². The summed E-state index contributed by atoms with van der Waals surface area (Å²) in [4.78, 5) is 16.9. The molecule has 218 valence electrons. The van der Waals surface area contributed by atoms with Crippen molar-refractivity contribution in [3.05, 3.63) is 97.1 Å². The number of hydrogen-bond donors (Lipinski definition) is 2. The summed E-state index contributed by atoms with van der Waals surface area (Å²) >= 11 is 0. The van der Waals surface area contributed by atoms with Gasteiger partial charge in [-0.25, -0.2) is 18.1 Å². The second kappa shape index (κ2) is 14.8. The summed E-state index contributed by atoms with van der Waals surface area (Å²) in [6.07, 6.45) is 4.49. The SMILES string of the molecule is COc1ccc(CCNC(=O)C(C)(COc2ccc(-n3cncn3)cc2)NS(C)(=O)=O)cc1OC.c1ccccc1. The molecule has 1 amide bonds. The first-order valence-electron chi connectivity index (χ1n) is 12.7. The zero-order valence-electron chi connectivity index (χ0n) is 23.5. The standard InChI is InChI=1S/C23H29N5O6S.C6H6/c1-23(27-35(4,30)31,14-34-19-8-6-18(7-9-19)28-16-24-15-26-28)22(29)25-12-11-17-5-10-20(32-2)21(13-17)33-3;1-2-4-6-5-3-1/h5-10,13,15-16,27H,11-12,14H2,1-4H3,(H,25,29);1-6H. The average molecular weight is 582 g/mol. The monoisotopic (exact) mass is 581 g/mol. The Kier molecular flexibility index (Phi) is 11.2. The lowest BCUT2D eigenvalue weighted by Crippen LogP contribution is -2.60. The van der Waals surface area contributed by atoms with E-state index in [1.165, 1.54) is 13.3 Å². The smallest absolute Gasteiger partial charge is 0.244 e. The number of amides is 1. The van der Waals surface area contributed by atoms with Gasteiger partial charge in [-0.1, -0.05) is 42.5 Å². The van der Waals surface area contributed by atoms with Gasteiger partial charge in [-0.05, 0) is 55.3 Å². The summed E-state index contributed by atoms with van der Waals surface area (Å²) in [6, 6.07) is 24.4. The van der Waals surface area contributed by atoms with Crippen molar-refractivity contribution in [2.45, 2.75) is 18.9 Å². The molecular weight excluding hydrogens is 546 g/mol. The van der Waals surface area contributed by atoms with E-state index in [9.17, 15) is 13.2 Å². The molecule has 12 heteroatoms. The molecule has 1 unspecified atom stereocenters. The van der Waals surface area contributed by atoms with Crippen molar-refractivity contribution in [2.24, 2.45) is 0 Å². The fraction of sp³-hybridized carbons (Fsp3) is 0.276. The van der Waals surface area contributed by atoms with E-state index >= 15 is 0 Å². The predicted octanol–water partition coefficient (Wildman–Crippen LogP) is 3.02. The third kappa shape index (κ3) is 9.92. The van der Waals surface area contributed by atoms with Crippen LogP contribution in [-0.2, 0) is 21.2 Å². The molecule has 0 radical (unpaired) electrons. The van der Waals surface area contributed by atoms with Gasteiger partial charge in [-0.15, -0.1) is 0 Å². The van der Waals surface area contributed by atoms with E-state index in [-0.39, 0.29) is 13.2 Å². The Balaban J connectivity index is 0.000000681. The molecule has 0 aliphatic heterocycles. The second-order valence-electron chi connectivity index (χ2n) is 9.18. The molecule has 0 aliphatic rings. The molecule has 4 rings (SSSR count). The third-order valence-corrected chi connectivity index (χ3v) is 6.59. The van der Waals surface area contributed by atoms with Crippen molar-refractivity contribution in [3.63, 3.8) is 0 Å². The van der Waals surface area contributed by atoms with Crippen LogP contribution in [-0.4, -0.2) is 68.3 Å². The predicted molar refractivity (Wildman–Crippen MR) is 156 cm³/mol. The Morgan fingerprint density at radius 2 is 1.59 bits per heavy atom. The number of nitrogens with zero attached hydrogens (tertiary/aromatic N) is 3. The largest absolute Gasteiger partial charge is 0.493 e. The van der Waals surface area contributed by atoms with E-state index in [2.05, 4.69) is 20.1 Å². The van der Waals surface area contributed by atoms with Crippen molar-refractivity contribution in [1.82, 2.24) is 24.8 Å². The maximum atomic E-state index is 13.0. The van der Waals surface area contributed by atoms with Crippen molar-refractivity contribution < 1.29 is 27.4 Å². The van der Waals surface area contributed by atoms with Crippen LogP contribution in [0.1, 0.15) is 12.5 Å². The summed E-state index contributed by atoms with van der Waals surface area (Å²) in [6.45, 7) is 1.54.